The molecule has 158 valence electrons. The third-order valence-electron chi connectivity index (χ3n) is 4.44. The van der Waals surface area contributed by atoms with E-state index in [9.17, 15) is 19.7 Å². The van der Waals surface area contributed by atoms with Crippen LogP contribution in [0.1, 0.15) is 33.2 Å². The number of nitro groups is 1. The van der Waals surface area contributed by atoms with E-state index in [0.717, 1.165) is 6.07 Å². The van der Waals surface area contributed by atoms with Crippen LogP contribution in [0, 0.1) is 10.1 Å². The molecule has 3 rings (SSSR count). The Kier molecular flexibility index (Phi) is 6.61. The molecule has 0 aromatic heterocycles. The van der Waals surface area contributed by atoms with Gasteiger partial charge in [0, 0.05) is 22.9 Å². The number of ether oxygens (including phenoxy) is 2. The van der Waals surface area contributed by atoms with Crippen LogP contribution in [0.25, 0.3) is 0 Å². The van der Waals surface area contributed by atoms with Crippen LogP contribution >= 0.6 is 0 Å². The first kappa shape index (κ1) is 21.5. The Labute approximate surface area is 178 Å². The summed E-state index contributed by atoms with van der Waals surface area (Å²) >= 11 is 0. The van der Waals surface area contributed by atoms with Crippen LogP contribution in [0.15, 0.2) is 66.7 Å². The molecular formula is C23H20N2O6. The molecule has 3 aromatic rings. The number of carbonyl (C=O) groups excluding carboxylic acids is 2. The lowest BCUT2D eigenvalue weighted by atomic mass is 10.0. The van der Waals surface area contributed by atoms with Crippen molar-refractivity contribution in [3.05, 3.63) is 93.5 Å². The van der Waals surface area contributed by atoms with Crippen LogP contribution < -0.4 is 14.8 Å². The van der Waals surface area contributed by atoms with Gasteiger partial charge in [-0.25, -0.2) is 0 Å². The first-order valence-corrected chi connectivity index (χ1v) is 9.45. The Balaban J connectivity index is 1.91. The van der Waals surface area contributed by atoms with Gasteiger partial charge in [-0.15, -0.1) is 0 Å². The van der Waals surface area contributed by atoms with Crippen LogP contribution in [0.2, 0.25) is 0 Å². The highest BCUT2D eigenvalue weighted by Crippen LogP contribution is 2.35. The molecule has 0 aliphatic heterocycles. The summed E-state index contributed by atoms with van der Waals surface area (Å²) in [7, 11) is 1.38. The van der Waals surface area contributed by atoms with Crippen LogP contribution in [0.5, 0.6) is 11.5 Å². The highest BCUT2D eigenvalue weighted by molar-refractivity contribution is 6.11. The fourth-order valence-electron chi connectivity index (χ4n) is 3.00. The van der Waals surface area contributed by atoms with E-state index < -0.39 is 16.5 Å². The Morgan fingerprint density at radius 3 is 2.32 bits per heavy atom. The molecule has 0 spiro atoms. The minimum Gasteiger partial charge on any atom is -0.493 e. The number of hydrogen-bond donors (Lipinski definition) is 1. The van der Waals surface area contributed by atoms with Gasteiger partial charge in [-0.3, -0.25) is 19.7 Å². The van der Waals surface area contributed by atoms with Crippen LogP contribution in [0.3, 0.4) is 0 Å². The SMILES string of the molecule is CCOc1cc([N+](=O)[O-])c(C(=O)Nc2cccc(C(=O)c3ccccc3)c2)cc1OC. The number of nitro benzene ring substituents is 1. The number of anilines is 1. The molecule has 0 aliphatic carbocycles. The normalized spacial score (nSPS) is 10.3. The lowest BCUT2D eigenvalue weighted by molar-refractivity contribution is -0.385. The summed E-state index contributed by atoms with van der Waals surface area (Å²) in [6, 6.07) is 17.5. The summed E-state index contributed by atoms with van der Waals surface area (Å²) in [5.41, 5.74) is 0.609. The van der Waals surface area contributed by atoms with Crippen LogP contribution in [0.4, 0.5) is 11.4 Å². The van der Waals surface area contributed by atoms with Crippen molar-refractivity contribution >= 4 is 23.1 Å². The van der Waals surface area contributed by atoms with Gasteiger partial charge in [-0.1, -0.05) is 42.5 Å². The van der Waals surface area contributed by atoms with E-state index in [0.29, 0.717) is 16.8 Å². The van der Waals surface area contributed by atoms with E-state index in [1.165, 1.54) is 19.2 Å². The Morgan fingerprint density at radius 1 is 0.968 bits per heavy atom. The second-order valence-electron chi connectivity index (χ2n) is 6.44. The lowest BCUT2D eigenvalue weighted by Crippen LogP contribution is -2.15. The number of hydrogen-bond acceptors (Lipinski definition) is 6. The third-order valence-corrected chi connectivity index (χ3v) is 4.44. The van der Waals surface area contributed by atoms with Gasteiger partial charge in [0.05, 0.1) is 24.7 Å². The molecule has 3 aromatic carbocycles. The molecule has 0 radical (unpaired) electrons. The molecule has 0 fully saturated rings. The summed E-state index contributed by atoms with van der Waals surface area (Å²) in [5.74, 6) is -0.544. The second-order valence-corrected chi connectivity index (χ2v) is 6.44. The molecule has 1 amide bonds. The molecule has 0 heterocycles. The average molecular weight is 420 g/mol. The highest BCUT2D eigenvalue weighted by atomic mass is 16.6. The zero-order valence-electron chi connectivity index (χ0n) is 17.0. The Bertz CT molecular complexity index is 1130. The van der Waals surface area contributed by atoms with Gasteiger partial charge in [-0.2, -0.15) is 0 Å². The molecule has 0 bridgehead atoms. The minimum absolute atomic E-state index is 0.170. The van der Waals surface area contributed by atoms with E-state index in [4.69, 9.17) is 9.47 Å². The van der Waals surface area contributed by atoms with Gasteiger partial charge in [0.1, 0.15) is 5.56 Å². The molecule has 0 saturated carbocycles. The predicted molar refractivity (Wildman–Crippen MR) is 115 cm³/mol. The molecule has 0 aliphatic rings. The standard InChI is InChI=1S/C23H20N2O6/c1-3-31-21-14-19(25(28)29)18(13-20(21)30-2)23(27)24-17-11-7-10-16(12-17)22(26)15-8-5-4-6-9-15/h4-14H,3H2,1-2H3,(H,24,27). The van der Waals surface area contributed by atoms with Crippen molar-refractivity contribution in [1.29, 1.82) is 0 Å². The van der Waals surface area contributed by atoms with Crippen molar-refractivity contribution in [2.45, 2.75) is 6.92 Å². The van der Waals surface area contributed by atoms with E-state index >= 15 is 0 Å². The van der Waals surface area contributed by atoms with E-state index in [1.54, 1.807) is 49.4 Å². The number of ketones is 1. The number of methoxy groups -OCH3 is 1. The lowest BCUT2D eigenvalue weighted by Gasteiger charge is -2.12. The fraction of sp³-hybridized carbons (Fsp3) is 0.130. The van der Waals surface area contributed by atoms with Gasteiger partial charge in [0.25, 0.3) is 11.6 Å². The van der Waals surface area contributed by atoms with E-state index in [-0.39, 0.29) is 29.5 Å². The van der Waals surface area contributed by atoms with E-state index in [1.807, 2.05) is 6.07 Å². The topological polar surface area (TPSA) is 108 Å². The molecule has 0 unspecified atom stereocenters. The largest absolute Gasteiger partial charge is 0.493 e. The third kappa shape index (κ3) is 4.87. The van der Waals surface area contributed by atoms with Crippen molar-refractivity contribution < 1.29 is 24.0 Å². The highest BCUT2D eigenvalue weighted by Gasteiger charge is 2.25. The summed E-state index contributed by atoms with van der Waals surface area (Å²) in [5, 5.41) is 14.1. The smallest absolute Gasteiger partial charge is 0.286 e. The Hall–Kier alpha value is -4.20. The molecule has 0 atom stereocenters. The number of amides is 1. The van der Waals surface area contributed by atoms with Gasteiger partial charge in [-0.05, 0) is 19.1 Å². The minimum atomic E-state index is -0.711. The summed E-state index contributed by atoms with van der Waals surface area (Å²) in [6.45, 7) is 2.01. The van der Waals surface area contributed by atoms with Gasteiger partial charge in [0.15, 0.2) is 17.3 Å². The van der Waals surface area contributed by atoms with E-state index in [2.05, 4.69) is 5.32 Å². The monoisotopic (exact) mass is 420 g/mol. The molecule has 8 nitrogen and oxygen atoms in total. The number of carbonyl (C=O) groups is 2. The molecule has 0 saturated heterocycles. The first-order chi connectivity index (χ1) is 14.9. The fourth-order valence-corrected chi connectivity index (χ4v) is 3.00. The van der Waals surface area contributed by atoms with Crippen molar-refractivity contribution in [1.82, 2.24) is 0 Å². The first-order valence-electron chi connectivity index (χ1n) is 9.45. The number of nitrogens with one attached hydrogen (secondary N) is 1. The maximum Gasteiger partial charge on any atom is 0.286 e. The molecule has 8 heteroatoms. The molecule has 31 heavy (non-hydrogen) atoms. The summed E-state index contributed by atoms with van der Waals surface area (Å²) in [6.07, 6.45) is 0. The van der Waals surface area contributed by atoms with Crippen molar-refractivity contribution in [3.8, 4) is 11.5 Å². The average Bonchev–Trinajstić information content (AvgIpc) is 2.79. The zero-order valence-corrected chi connectivity index (χ0v) is 17.0. The maximum atomic E-state index is 12.8. The zero-order chi connectivity index (χ0) is 22.4. The van der Waals surface area contributed by atoms with Gasteiger partial charge >= 0.3 is 0 Å². The molecular weight excluding hydrogens is 400 g/mol. The van der Waals surface area contributed by atoms with Crippen LogP contribution in [-0.4, -0.2) is 30.3 Å². The number of benzene rings is 3. The number of rotatable bonds is 8. The van der Waals surface area contributed by atoms with Gasteiger partial charge < -0.3 is 14.8 Å². The maximum absolute atomic E-state index is 12.8. The van der Waals surface area contributed by atoms with Crippen molar-refractivity contribution in [2.24, 2.45) is 0 Å². The van der Waals surface area contributed by atoms with Crippen LogP contribution in [-0.2, 0) is 0 Å². The predicted octanol–water partition coefficient (Wildman–Crippen LogP) is 4.49. The van der Waals surface area contributed by atoms with Crippen molar-refractivity contribution in [2.75, 3.05) is 19.0 Å². The summed E-state index contributed by atoms with van der Waals surface area (Å²) in [4.78, 5) is 36.3. The molecule has 1 N–H and O–H groups in total. The van der Waals surface area contributed by atoms with Crippen molar-refractivity contribution in [3.63, 3.8) is 0 Å². The Morgan fingerprint density at radius 2 is 1.68 bits per heavy atom. The van der Waals surface area contributed by atoms with Gasteiger partial charge in [0.2, 0.25) is 0 Å². The summed E-state index contributed by atoms with van der Waals surface area (Å²) < 4.78 is 10.6. The number of nitrogens with zero attached hydrogens (tertiary/aromatic N) is 1. The quantitative estimate of drug-likeness (QED) is 0.327. The second kappa shape index (κ2) is 9.53.